The monoisotopic (exact) mass is 271 g/mol. The first-order valence-corrected chi connectivity index (χ1v) is 7.89. The van der Waals surface area contributed by atoms with Gasteiger partial charge in [-0.15, -0.1) is 0 Å². The molecule has 2 aromatic carbocycles. The van der Waals surface area contributed by atoms with Crippen LogP contribution in [0.25, 0.3) is 0 Å². The van der Waals surface area contributed by atoms with Crippen LogP contribution < -0.4 is 5.73 Å². The largest absolute Gasteiger partial charge is 0.398 e. The molecular weight excluding hydrogens is 254 g/mol. The van der Waals surface area contributed by atoms with Crippen LogP contribution in [0.1, 0.15) is 23.1 Å². The molecule has 3 rings (SSSR count). The maximum absolute atomic E-state index is 12.4. The van der Waals surface area contributed by atoms with Gasteiger partial charge < -0.3 is 5.73 Å². The number of anilines is 1. The highest BCUT2D eigenvalue weighted by Crippen LogP contribution is 2.25. The van der Waals surface area contributed by atoms with Crippen molar-refractivity contribution in [3.05, 3.63) is 59.2 Å². The lowest BCUT2D eigenvalue weighted by atomic mass is 10.1. The van der Waals surface area contributed by atoms with Crippen molar-refractivity contribution in [2.45, 2.75) is 29.9 Å². The zero-order valence-corrected chi connectivity index (χ0v) is 11.6. The maximum Gasteiger partial charge on any atom is 0.0620 e. The summed E-state index contributed by atoms with van der Waals surface area (Å²) in [7, 11) is -1.07. The van der Waals surface area contributed by atoms with E-state index < -0.39 is 10.8 Å². The molecule has 3 heteroatoms. The summed E-state index contributed by atoms with van der Waals surface area (Å²) >= 11 is 0. The lowest BCUT2D eigenvalue weighted by Crippen LogP contribution is -2.01. The van der Waals surface area contributed by atoms with Crippen LogP contribution in [0.2, 0.25) is 0 Å². The third-order valence-electron chi connectivity index (χ3n) is 3.62. The normalized spacial score (nSPS) is 15.2. The van der Waals surface area contributed by atoms with E-state index in [0.717, 1.165) is 16.9 Å². The third kappa shape index (κ3) is 2.56. The van der Waals surface area contributed by atoms with Crippen molar-refractivity contribution >= 4 is 16.5 Å². The molecule has 1 atom stereocenters. The summed E-state index contributed by atoms with van der Waals surface area (Å²) < 4.78 is 12.4. The highest BCUT2D eigenvalue weighted by Gasteiger charge is 2.13. The fourth-order valence-electron chi connectivity index (χ4n) is 2.63. The zero-order valence-electron chi connectivity index (χ0n) is 10.8. The SMILES string of the molecule is Nc1ccccc1S(=O)Cc1ccc2c(c1)CCC2. The van der Waals surface area contributed by atoms with E-state index in [9.17, 15) is 4.21 Å². The molecule has 98 valence electrons. The lowest BCUT2D eigenvalue weighted by Gasteiger charge is -2.07. The molecule has 0 aromatic heterocycles. The summed E-state index contributed by atoms with van der Waals surface area (Å²) in [4.78, 5) is 0.739. The van der Waals surface area contributed by atoms with Gasteiger partial charge in [0.1, 0.15) is 0 Å². The molecule has 0 fully saturated rings. The first-order valence-electron chi connectivity index (χ1n) is 6.57. The first-order chi connectivity index (χ1) is 9.24. The second-order valence-electron chi connectivity index (χ2n) is 4.98. The van der Waals surface area contributed by atoms with Crippen molar-refractivity contribution in [2.24, 2.45) is 0 Å². The van der Waals surface area contributed by atoms with Crippen LogP contribution in [0, 0.1) is 0 Å². The van der Waals surface area contributed by atoms with Crippen LogP contribution in [0.3, 0.4) is 0 Å². The van der Waals surface area contributed by atoms with Gasteiger partial charge in [-0.3, -0.25) is 4.21 Å². The lowest BCUT2D eigenvalue weighted by molar-refractivity contribution is 0.683. The highest BCUT2D eigenvalue weighted by atomic mass is 32.2. The molecule has 0 aliphatic heterocycles. The Hall–Kier alpha value is -1.61. The predicted molar refractivity (Wildman–Crippen MR) is 79.4 cm³/mol. The van der Waals surface area contributed by atoms with Gasteiger partial charge in [0.15, 0.2) is 0 Å². The van der Waals surface area contributed by atoms with E-state index in [0.29, 0.717) is 11.4 Å². The van der Waals surface area contributed by atoms with Crippen molar-refractivity contribution in [1.29, 1.82) is 0 Å². The third-order valence-corrected chi connectivity index (χ3v) is 5.08. The molecule has 0 saturated carbocycles. The minimum absolute atomic E-state index is 0.543. The topological polar surface area (TPSA) is 43.1 Å². The van der Waals surface area contributed by atoms with E-state index in [2.05, 4.69) is 18.2 Å². The van der Waals surface area contributed by atoms with Gasteiger partial charge in [-0.05, 0) is 48.1 Å². The van der Waals surface area contributed by atoms with Crippen LogP contribution in [0.5, 0.6) is 0 Å². The molecule has 0 heterocycles. The van der Waals surface area contributed by atoms with Gasteiger partial charge in [0.2, 0.25) is 0 Å². The number of rotatable bonds is 3. The fraction of sp³-hybridized carbons (Fsp3) is 0.250. The summed E-state index contributed by atoms with van der Waals surface area (Å²) in [5.41, 5.74) is 10.5. The summed E-state index contributed by atoms with van der Waals surface area (Å²) in [6, 6.07) is 13.9. The van der Waals surface area contributed by atoms with Crippen molar-refractivity contribution in [2.75, 3.05) is 5.73 Å². The number of para-hydroxylation sites is 1. The summed E-state index contributed by atoms with van der Waals surface area (Å²) in [6.07, 6.45) is 3.58. The molecule has 0 bridgehead atoms. The predicted octanol–water partition coefficient (Wildman–Crippen LogP) is 3.07. The Kier molecular flexibility index (Phi) is 3.38. The second-order valence-corrected chi connectivity index (χ2v) is 6.40. The molecule has 1 aliphatic rings. The molecule has 0 radical (unpaired) electrons. The highest BCUT2D eigenvalue weighted by molar-refractivity contribution is 7.84. The average Bonchev–Trinajstić information content (AvgIpc) is 2.86. The van der Waals surface area contributed by atoms with Crippen LogP contribution in [-0.4, -0.2) is 4.21 Å². The molecule has 1 unspecified atom stereocenters. The van der Waals surface area contributed by atoms with Crippen molar-refractivity contribution in [1.82, 2.24) is 0 Å². The molecular formula is C16H17NOS. The van der Waals surface area contributed by atoms with Gasteiger partial charge in [0, 0.05) is 5.69 Å². The number of benzene rings is 2. The van der Waals surface area contributed by atoms with Crippen molar-refractivity contribution in [3.63, 3.8) is 0 Å². The molecule has 1 aliphatic carbocycles. The zero-order chi connectivity index (χ0) is 13.2. The number of fused-ring (bicyclic) bond motifs is 1. The fourth-order valence-corrected chi connectivity index (χ4v) is 3.83. The Labute approximate surface area is 116 Å². The number of aryl methyl sites for hydroxylation is 2. The molecule has 2 N–H and O–H groups in total. The Bertz CT molecular complexity index is 636. The van der Waals surface area contributed by atoms with E-state index >= 15 is 0 Å². The molecule has 0 amide bonds. The van der Waals surface area contributed by atoms with E-state index in [1.165, 1.54) is 24.0 Å². The molecule has 2 nitrogen and oxygen atoms in total. The van der Waals surface area contributed by atoms with Crippen LogP contribution in [0.4, 0.5) is 5.69 Å². The van der Waals surface area contributed by atoms with Gasteiger partial charge in [0.25, 0.3) is 0 Å². The number of hydrogen-bond acceptors (Lipinski definition) is 2. The van der Waals surface area contributed by atoms with E-state index in [1.807, 2.05) is 18.2 Å². The standard InChI is InChI=1S/C16H17NOS/c17-15-6-1-2-7-16(15)19(18)11-12-8-9-13-4-3-5-14(13)10-12/h1-2,6-10H,3-5,11,17H2. The quantitative estimate of drug-likeness (QED) is 0.872. The maximum atomic E-state index is 12.4. The second kappa shape index (κ2) is 5.17. The average molecular weight is 271 g/mol. The Morgan fingerprint density at radius 1 is 1.05 bits per heavy atom. The van der Waals surface area contributed by atoms with Gasteiger partial charge in [-0.25, -0.2) is 0 Å². The molecule has 0 saturated heterocycles. The molecule has 0 spiro atoms. The summed E-state index contributed by atoms with van der Waals surface area (Å²) in [6.45, 7) is 0. The molecule has 2 aromatic rings. The minimum atomic E-state index is -1.07. The van der Waals surface area contributed by atoms with Crippen molar-refractivity contribution in [3.8, 4) is 0 Å². The van der Waals surface area contributed by atoms with Crippen LogP contribution >= 0.6 is 0 Å². The Morgan fingerprint density at radius 3 is 2.68 bits per heavy atom. The molecule has 19 heavy (non-hydrogen) atoms. The minimum Gasteiger partial charge on any atom is -0.398 e. The van der Waals surface area contributed by atoms with E-state index in [-0.39, 0.29) is 0 Å². The van der Waals surface area contributed by atoms with E-state index in [4.69, 9.17) is 5.73 Å². The van der Waals surface area contributed by atoms with Gasteiger partial charge in [-0.1, -0.05) is 30.3 Å². The number of nitrogens with two attached hydrogens (primary N) is 1. The Morgan fingerprint density at radius 2 is 1.84 bits per heavy atom. The Balaban J connectivity index is 1.82. The van der Waals surface area contributed by atoms with Crippen LogP contribution in [-0.2, 0) is 29.4 Å². The summed E-state index contributed by atoms with van der Waals surface area (Å²) in [5, 5.41) is 0. The van der Waals surface area contributed by atoms with Gasteiger partial charge in [-0.2, -0.15) is 0 Å². The van der Waals surface area contributed by atoms with Crippen LogP contribution in [0.15, 0.2) is 47.4 Å². The van der Waals surface area contributed by atoms with Gasteiger partial charge >= 0.3 is 0 Å². The summed E-state index contributed by atoms with van der Waals surface area (Å²) in [5.74, 6) is 0.543. The smallest absolute Gasteiger partial charge is 0.0620 e. The number of hydrogen-bond donors (Lipinski definition) is 1. The van der Waals surface area contributed by atoms with Gasteiger partial charge in [0.05, 0.1) is 21.4 Å². The van der Waals surface area contributed by atoms with E-state index in [1.54, 1.807) is 6.07 Å². The number of nitrogen functional groups attached to an aromatic ring is 1. The van der Waals surface area contributed by atoms with Crippen molar-refractivity contribution < 1.29 is 4.21 Å². The first kappa shape index (κ1) is 12.4.